The van der Waals surface area contributed by atoms with Gasteiger partial charge in [-0.05, 0) is 43.7 Å². The summed E-state index contributed by atoms with van der Waals surface area (Å²) in [7, 11) is 0. The van der Waals surface area contributed by atoms with Crippen molar-refractivity contribution in [3.63, 3.8) is 0 Å². The Labute approximate surface area is 126 Å². The van der Waals surface area contributed by atoms with Crippen LogP contribution in [0.25, 0.3) is 0 Å². The topological polar surface area (TPSA) is 21.3 Å². The molecule has 2 aromatic rings. The van der Waals surface area contributed by atoms with Crippen LogP contribution in [0.1, 0.15) is 44.0 Å². The van der Waals surface area contributed by atoms with Gasteiger partial charge in [0.25, 0.3) is 0 Å². The Kier molecular flexibility index (Phi) is 5.34. The monoisotopic (exact) mass is 287 g/mol. The molecule has 1 N–H and O–H groups in total. The van der Waals surface area contributed by atoms with E-state index in [4.69, 9.17) is 4.74 Å². The quantitative estimate of drug-likeness (QED) is 0.836. The molecule has 0 aliphatic rings. The third kappa shape index (κ3) is 4.05. The fourth-order valence-electron chi connectivity index (χ4n) is 2.29. The number of hydrogen-bond donors (Lipinski definition) is 1. The molecule has 2 nitrogen and oxygen atoms in total. The van der Waals surface area contributed by atoms with Gasteiger partial charge in [0.1, 0.15) is 6.10 Å². The molecule has 0 bridgehead atoms. The highest BCUT2D eigenvalue weighted by Gasteiger charge is 2.12. The highest BCUT2D eigenvalue weighted by molar-refractivity contribution is 5.31. The number of nitrogens with one attached hydrogen (secondary N) is 1. The molecule has 0 fully saturated rings. The molecule has 2 atom stereocenters. The van der Waals surface area contributed by atoms with E-state index in [1.54, 1.807) is 12.1 Å². The molecule has 0 aliphatic carbocycles. The Morgan fingerprint density at radius 1 is 1.05 bits per heavy atom. The second-order valence-corrected chi connectivity index (χ2v) is 5.14. The van der Waals surface area contributed by atoms with Crippen molar-refractivity contribution in [2.24, 2.45) is 0 Å². The standard InChI is InChI=1S/C18H22FNO/c1-4-20-13(2)16-10-11-18(17(19)12-16)21-14(3)15-8-6-5-7-9-15/h5-14,20H,4H2,1-3H3. The van der Waals surface area contributed by atoms with E-state index in [1.165, 1.54) is 0 Å². The maximum Gasteiger partial charge on any atom is 0.165 e. The fourth-order valence-corrected chi connectivity index (χ4v) is 2.29. The zero-order valence-electron chi connectivity index (χ0n) is 12.8. The van der Waals surface area contributed by atoms with Crippen LogP contribution in [0.4, 0.5) is 4.39 Å². The molecule has 0 saturated heterocycles. The first-order chi connectivity index (χ1) is 10.1. The second-order valence-electron chi connectivity index (χ2n) is 5.14. The van der Waals surface area contributed by atoms with Gasteiger partial charge in [-0.1, -0.05) is 43.3 Å². The number of halogens is 1. The van der Waals surface area contributed by atoms with E-state index in [-0.39, 0.29) is 18.0 Å². The number of hydrogen-bond acceptors (Lipinski definition) is 2. The Morgan fingerprint density at radius 3 is 2.38 bits per heavy atom. The molecule has 2 rings (SSSR count). The summed E-state index contributed by atoms with van der Waals surface area (Å²) in [5, 5.41) is 3.27. The lowest BCUT2D eigenvalue weighted by molar-refractivity contribution is 0.216. The molecule has 0 aliphatic heterocycles. The number of rotatable bonds is 6. The van der Waals surface area contributed by atoms with Crippen LogP contribution in [0.5, 0.6) is 5.75 Å². The van der Waals surface area contributed by atoms with E-state index < -0.39 is 0 Å². The van der Waals surface area contributed by atoms with Crippen LogP contribution in [0.3, 0.4) is 0 Å². The summed E-state index contributed by atoms with van der Waals surface area (Å²) >= 11 is 0. The van der Waals surface area contributed by atoms with Crippen molar-refractivity contribution >= 4 is 0 Å². The Morgan fingerprint density at radius 2 is 1.76 bits per heavy atom. The van der Waals surface area contributed by atoms with Gasteiger partial charge in [-0.3, -0.25) is 0 Å². The maximum absolute atomic E-state index is 14.2. The zero-order chi connectivity index (χ0) is 15.2. The van der Waals surface area contributed by atoms with Crippen molar-refractivity contribution in [1.29, 1.82) is 0 Å². The SMILES string of the molecule is CCNC(C)c1ccc(OC(C)c2ccccc2)c(F)c1. The van der Waals surface area contributed by atoms with E-state index >= 15 is 0 Å². The highest BCUT2D eigenvalue weighted by Crippen LogP contribution is 2.26. The Balaban J connectivity index is 2.11. The average molecular weight is 287 g/mol. The van der Waals surface area contributed by atoms with Crippen LogP contribution in [0.15, 0.2) is 48.5 Å². The first-order valence-corrected chi connectivity index (χ1v) is 7.36. The fraction of sp³-hybridized carbons (Fsp3) is 0.333. The van der Waals surface area contributed by atoms with E-state index in [1.807, 2.05) is 57.2 Å². The van der Waals surface area contributed by atoms with Gasteiger partial charge < -0.3 is 10.1 Å². The van der Waals surface area contributed by atoms with Gasteiger partial charge in [0.2, 0.25) is 0 Å². The number of ether oxygens (including phenoxy) is 1. The summed E-state index contributed by atoms with van der Waals surface area (Å²) in [5.74, 6) is -0.0289. The van der Waals surface area contributed by atoms with Gasteiger partial charge >= 0.3 is 0 Å². The van der Waals surface area contributed by atoms with Crippen LogP contribution >= 0.6 is 0 Å². The van der Waals surface area contributed by atoms with Gasteiger partial charge in [0.05, 0.1) is 0 Å². The van der Waals surface area contributed by atoms with Crippen molar-refractivity contribution in [3.05, 3.63) is 65.5 Å². The minimum Gasteiger partial charge on any atom is -0.483 e. The van der Waals surface area contributed by atoms with Crippen molar-refractivity contribution in [2.75, 3.05) is 6.54 Å². The first-order valence-electron chi connectivity index (χ1n) is 7.36. The van der Waals surface area contributed by atoms with Gasteiger partial charge in [0.15, 0.2) is 11.6 Å². The van der Waals surface area contributed by atoms with Gasteiger partial charge in [-0.25, -0.2) is 4.39 Å². The highest BCUT2D eigenvalue weighted by atomic mass is 19.1. The third-order valence-corrected chi connectivity index (χ3v) is 3.54. The van der Waals surface area contributed by atoms with Crippen molar-refractivity contribution in [2.45, 2.75) is 32.9 Å². The first kappa shape index (κ1) is 15.5. The summed E-state index contributed by atoms with van der Waals surface area (Å²) < 4.78 is 19.9. The summed E-state index contributed by atoms with van der Waals surface area (Å²) in [5.41, 5.74) is 1.95. The van der Waals surface area contributed by atoms with Crippen molar-refractivity contribution in [3.8, 4) is 5.75 Å². The van der Waals surface area contributed by atoms with Gasteiger partial charge in [-0.2, -0.15) is 0 Å². The number of benzene rings is 2. The van der Waals surface area contributed by atoms with Crippen LogP contribution in [-0.4, -0.2) is 6.54 Å². The van der Waals surface area contributed by atoms with Crippen molar-refractivity contribution in [1.82, 2.24) is 5.32 Å². The summed E-state index contributed by atoms with van der Waals surface area (Å²) in [6, 6.07) is 15.1. The molecule has 0 saturated carbocycles. The van der Waals surface area contributed by atoms with Crippen LogP contribution in [0.2, 0.25) is 0 Å². The summed E-state index contributed by atoms with van der Waals surface area (Å²) in [4.78, 5) is 0. The zero-order valence-corrected chi connectivity index (χ0v) is 12.8. The molecule has 3 heteroatoms. The lowest BCUT2D eigenvalue weighted by Crippen LogP contribution is -2.17. The lowest BCUT2D eigenvalue weighted by Gasteiger charge is -2.17. The molecule has 0 spiro atoms. The van der Waals surface area contributed by atoms with Gasteiger partial charge in [-0.15, -0.1) is 0 Å². The maximum atomic E-state index is 14.2. The van der Waals surface area contributed by atoms with E-state index in [2.05, 4.69) is 5.32 Å². The third-order valence-electron chi connectivity index (χ3n) is 3.54. The van der Waals surface area contributed by atoms with E-state index in [9.17, 15) is 4.39 Å². The molecule has 21 heavy (non-hydrogen) atoms. The molecule has 0 radical (unpaired) electrons. The molecule has 0 aromatic heterocycles. The van der Waals surface area contributed by atoms with Crippen LogP contribution in [0, 0.1) is 5.82 Å². The van der Waals surface area contributed by atoms with Crippen LogP contribution < -0.4 is 10.1 Å². The molecule has 0 amide bonds. The second kappa shape index (κ2) is 7.23. The smallest absolute Gasteiger partial charge is 0.165 e. The normalized spacial score (nSPS) is 13.7. The van der Waals surface area contributed by atoms with Crippen LogP contribution in [-0.2, 0) is 0 Å². The summed E-state index contributed by atoms with van der Waals surface area (Å²) in [6.07, 6.45) is -0.183. The van der Waals surface area contributed by atoms with E-state index in [0.29, 0.717) is 5.75 Å². The Hall–Kier alpha value is -1.87. The lowest BCUT2D eigenvalue weighted by atomic mass is 10.1. The van der Waals surface area contributed by atoms with Gasteiger partial charge in [0, 0.05) is 6.04 Å². The molecule has 2 aromatic carbocycles. The minimum atomic E-state index is -0.319. The molecular weight excluding hydrogens is 265 g/mol. The molecule has 112 valence electrons. The minimum absolute atomic E-state index is 0.130. The summed E-state index contributed by atoms with van der Waals surface area (Å²) in [6.45, 7) is 6.83. The predicted octanol–water partition coefficient (Wildman–Crippen LogP) is 4.64. The molecule has 0 heterocycles. The van der Waals surface area contributed by atoms with Crippen molar-refractivity contribution < 1.29 is 9.13 Å². The largest absolute Gasteiger partial charge is 0.483 e. The molecular formula is C18H22FNO. The molecule has 2 unspecified atom stereocenters. The van der Waals surface area contributed by atoms with E-state index in [0.717, 1.165) is 17.7 Å². The predicted molar refractivity (Wildman–Crippen MR) is 84.0 cm³/mol. The average Bonchev–Trinajstić information content (AvgIpc) is 2.50. The Bertz CT molecular complexity index is 571.